The molecule has 2 N–H and O–H groups in total. The normalized spacial score (nSPS) is 11.6. The van der Waals surface area contributed by atoms with Crippen LogP contribution in [0.3, 0.4) is 0 Å². The number of hydrogen-bond acceptors (Lipinski definition) is 4. The molecule has 6 heteroatoms. The first-order valence-corrected chi connectivity index (χ1v) is 9.20. The number of nitrogens with one attached hydrogen (secondary N) is 2. The van der Waals surface area contributed by atoms with Gasteiger partial charge >= 0.3 is 6.03 Å². The minimum atomic E-state index is -0.166. The number of benzene rings is 1. The monoisotopic (exact) mass is 344 g/mol. The number of pyridine rings is 1. The summed E-state index contributed by atoms with van der Waals surface area (Å²) >= 11 is 1.71. The third kappa shape index (κ3) is 5.45. The first-order chi connectivity index (χ1) is 11.6. The molecule has 2 amide bonds. The van der Waals surface area contributed by atoms with Crippen molar-refractivity contribution >= 4 is 23.6 Å². The molecule has 2 aromatic rings. The van der Waals surface area contributed by atoms with Crippen molar-refractivity contribution in [2.45, 2.75) is 12.6 Å². The standard InChI is InChI=1S/C18H24N4OS/c1-22(2)17-11-14(9-10-19-17)12-20-18(23)21-16(13-24-3)15-7-5-4-6-8-15/h4-11,16H,12-13H2,1-3H3,(H2,20,21,23)/t16-/m0/s1. The summed E-state index contributed by atoms with van der Waals surface area (Å²) in [4.78, 5) is 18.4. The van der Waals surface area contributed by atoms with Gasteiger partial charge in [-0.3, -0.25) is 0 Å². The molecule has 0 aliphatic carbocycles. The van der Waals surface area contributed by atoms with Crippen LogP contribution < -0.4 is 15.5 Å². The summed E-state index contributed by atoms with van der Waals surface area (Å²) in [6.07, 6.45) is 3.79. The Labute approximate surface area is 147 Å². The lowest BCUT2D eigenvalue weighted by atomic mass is 10.1. The molecule has 5 nitrogen and oxygen atoms in total. The SMILES string of the molecule is CSC[C@H](NC(=O)NCc1ccnc(N(C)C)c1)c1ccccc1. The van der Waals surface area contributed by atoms with Gasteiger partial charge in [-0.1, -0.05) is 30.3 Å². The fourth-order valence-electron chi connectivity index (χ4n) is 2.28. The summed E-state index contributed by atoms with van der Waals surface area (Å²) in [6, 6.07) is 13.7. The smallest absolute Gasteiger partial charge is 0.315 e. The number of carbonyl (C=O) groups excluding carboxylic acids is 1. The summed E-state index contributed by atoms with van der Waals surface area (Å²) in [6.45, 7) is 0.468. The van der Waals surface area contributed by atoms with Gasteiger partial charge in [0.1, 0.15) is 5.82 Å². The van der Waals surface area contributed by atoms with E-state index in [4.69, 9.17) is 0 Å². The predicted molar refractivity (Wildman–Crippen MR) is 102 cm³/mol. The van der Waals surface area contributed by atoms with Gasteiger partial charge < -0.3 is 15.5 Å². The number of urea groups is 1. The zero-order valence-corrected chi connectivity index (χ0v) is 15.1. The Hall–Kier alpha value is -2.21. The van der Waals surface area contributed by atoms with E-state index in [0.717, 1.165) is 22.7 Å². The van der Waals surface area contributed by atoms with Gasteiger partial charge in [-0.2, -0.15) is 11.8 Å². The summed E-state index contributed by atoms with van der Waals surface area (Å²) < 4.78 is 0. The molecule has 0 unspecified atom stereocenters. The Morgan fingerprint density at radius 2 is 2.00 bits per heavy atom. The molecule has 1 aromatic carbocycles. The van der Waals surface area contributed by atoms with Gasteiger partial charge in [0, 0.05) is 32.6 Å². The molecule has 24 heavy (non-hydrogen) atoms. The van der Waals surface area contributed by atoms with E-state index in [1.807, 2.05) is 67.7 Å². The number of nitrogens with zero attached hydrogens (tertiary/aromatic N) is 2. The van der Waals surface area contributed by atoms with E-state index in [1.54, 1.807) is 18.0 Å². The van der Waals surface area contributed by atoms with Crippen LogP contribution in [-0.4, -0.2) is 37.1 Å². The second-order valence-electron chi connectivity index (χ2n) is 5.66. The molecule has 0 saturated heterocycles. The number of hydrogen-bond donors (Lipinski definition) is 2. The minimum Gasteiger partial charge on any atom is -0.363 e. The second kappa shape index (κ2) is 9.17. The highest BCUT2D eigenvalue weighted by atomic mass is 32.2. The van der Waals surface area contributed by atoms with Crippen molar-refractivity contribution in [2.75, 3.05) is 31.0 Å². The number of thioether (sulfide) groups is 1. The molecule has 1 atom stereocenters. The van der Waals surface area contributed by atoms with Crippen LogP contribution in [-0.2, 0) is 6.54 Å². The molecule has 0 aliphatic heterocycles. The molecule has 0 saturated carbocycles. The molecular weight excluding hydrogens is 320 g/mol. The van der Waals surface area contributed by atoms with E-state index >= 15 is 0 Å². The minimum absolute atomic E-state index is 0.00373. The molecule has 0 radical (unpaired) electrons. The lowest BCUT2D eigenvalue weighted by Crippen LogP contribution is -2.38. The van der Waals surface area contributed by atoms with E-state index in [0.29, 0.717) is 6.54 Å². The summed E-state index contributed by atoms with van der Waals surface area (Å²) in [5.41, 5.74) is 2.13. The first kappa shape index (κ1) is 18.1. The summed E-state index contributed by atoms with van der Waals surface area (Å²) in [7, 11) is 3.89. The highest BCUT2D eigenvalue weighted by Gasteiger charge is 2.13. The number of amides is 2. The molecule has 0 aliphatic rings. The van der Waals surface area contributed by atoms with Gasteiger partial charge in [-0.25, -0.2) is 9.78 Å². The van der Waals surface area contributed by atoms with Gasteiger partial charge in [-0.05, 0) is 29.5 Å². The number of aromatic nitrogens is 1. The van der Waals surface area contributed by atoms with Crippen LogP contribution in [0.2, 0.25) is 0 Å². The van der Waals surface area contributed by atoms with Gasteiger partial charge in [0.25, 0.3) is 0 Å². The van der Waals surface area contributed by atoms with Gasteiger partial charge in [-0.15, -0.1) is 0 Å². The molecule has 0 bridgehead atoms. The first-order valence-electron chi connectivity index (χ1n) is 7.80. The second-order valence-corrected chi connectivity index (χ2v) is 6.57. The Kier molecular flexibility index (Phi) is 6.93. The molecule has 0 spiro atoms. The number of anilines is 1. The van der Waals surface area contributed by atoms with E-state index in [2.05, 4.69) is 15.6 Å². The molecule has 0 fully saturated rings. The maximum Gasteiger partial charge on any atom is 0.315 e. The zero-order chi connectivity index (χ0) is 17.4. The van der Waals surface area contributed by atoms with Crippen molar-refractivity contribution in [3.8, 4) is 0 Å². The molecular formula is C18H24N4OS. The number of rotatable bonds is 7. The van der Waals surface area contributed by atoms with Crippen LogP contribution in [0.15, 0.2) is 48.7 Å². The van der Waals surface area contributed by atoms with Crippen molar-refractivity contribution in [1.29, 1.82) is 0 Å². The van der Waals surface area contributed by atoms with Crippen LogP contribution >= 0.6 is 11.8 Å². The van der Waals surface area contributed by atoms with Crippen LogP contribution in [0.1, 0.15) is 17.2 Å². The largest absolute Gasteiger partial charge is 0.363 e. The Bertz CT molecular complexity index is 648. The Morgan fingerprint density at radius 3 is 2.67 bits per heavy atom. The van der Waals surface area contributed by atoms with E-state index < -0.39 is 0 Å². The third-order valence-corrected chi connectivity index (χ3v) is 4.23. The van der Waals surface area contributed by atoms with Crippen LogP contribution in [0.25, 0.3) is 0 Å². The van der Waals surface area contributed by atoms with Crippen molar-refractivity contribution in [1.82, 2.24) is 15.6 Å². The van der Waals surface area contributed by atoms with Gasteiger partial charge in [0.05, 0.1) is 6.04 Å². The number of carbonyl (C=O) groups is 1. The van der Waals surface area contributed by atoms with Crippen molar-refractivity contribution < 1.29 is 4.79 Å². The fourth-order valence-corrected chi connectivity index (χ4v) is 2.89. The highest BCUT2D eigenvalue weighted by Crippen LogP contribution is 2.16. The van der Waals surface area contributed by atoms with Gasteiger partial charge in [0.2, 0.25) is 0 Å². The van der Waals surface area contributed by atoms with Gasteiger partial charge in [0.15, 0.2) is 0 Å². The summed E-state index contributed by atoms with van der Waals surface area (Å²) in [5.74, 6) is 1.71. The maximum atomic E-state index is 12.2. The lowest BCUT2D eigenvalue weighted by molar-refractivity contribution is 0.237. The lowest BCUT2D eigenvalue weighted by Gasteiger charge is -2.19. The van der Waals surface area contributed by atoms with E-state index in [-0.39, 0.29) is 12.1 Å². The van der Waals surface area contributed by atoms with Crippen LogP contribution in [0.5, 0.6) is 0 Å². The Morgan fingerprint density at radius 1 is 1.25 bits per heavy atom. The average molecular weight is 344 g/mol. The van der Waals surface area contributed by atoms with Crippen molar-refractivity contribution in [3.05, 3.63) is 59.8 Å². The fraction of sp³-hybridized carbons (Fsp3) is 0.333. The molecule has 1 aromatic heterocycles. The molecule has 1 heterocycles. The topological polar surface area (TPSA) is 57.3 Å². The van der Waals surface area contributed by atoms with Crippen molar-refractivity contribution in [2.24, 2.45) is 0 Å². The van der Waals surface area contributed by atoms with Crippen molar-refractivity contribution in [3.63, 3.8) is 0 Å². The zero-order valence-electron chi connectivity index (χ0n) is 14.3. The highest BCUT2D eigenvalue weighted by molar-refractivity contribution is 7.98. The third-order valence-electron chi connectivity index (χ3n) is 3.56. The van der Waals surface area contributed by atoms with Crippen LogP contribution in [0.4, 0.5) is 10.6 Å². The van der Waals surface area contributed by atoms with E-state index in [9.17, 15) is 4.79 Å². The van der Waals surface area contributed by atoms with E-state index in [1.165, 1.54) is 0 Å². The van der Waals surface area contributed by atoms with Crippen LogP contribution in [0, 0.1) is 0 Å². The molecule has 2 rings (SSSR count). The average Bonchev–Trinajstić information content (AvgIpc) is 2.60. The summed E-state index contributed by atoms with van der Waals surface area (Å²) in [5, 5.41) is 5.96. The quantitative estimate of drug-likeness (QED) is 0.810. The maximum absolute atomic E-state index is 12.2. The molecule has 128 valence electrons. The predicted octanol–water partition coefficient (Wildman–Crippen LogP) is 3.05. The Balaban J connectivity index is 1.93.